The molecule has 1 amide bonds. The van der Waals surface area contributed by atoms with Crippen LogP contribution in [0, 0.1) is 0 Å². The number of ether oxygens (including phenoxy) is 2. The zero-order valence-corrected chi connectivity index (χ0v) is 15.3. The van der Waals surface area contributed by atoms with E-state index in [0.29, 0.717) is 24.0 Å². The quantitative estimate of drug-likeness (QED) is 0.789. The summed E-state index contributed by atoms with van der Waals surface area (Å²) in [5.74, 6) is 1.44. The first-order valence-corrected chi connectivity index (χ1v) is 8.89. The largest absolute Gasteiger partial charge is 0.493 e. The van der Waals surface area contributed by atoms with Gasteiger partial charge in [0.15, 0.2) is 0 Å². The molecule has 0 fully saturated rings. The summed E-state index contributed by atoms with van der Waals surface area (Å²) in [6.07, 6.45) is 1.04. The fourth-order valence-electron chi connectivity index (χ4n) is 2.60. The van der Waals surface area contributed by atoms with Crippen LogP contribution in [0.25, 0.3) is 0 Å². The molecule has 0 aliphatic carbocycles. The third-order valence-corrected chi connectivity index (χ3v) is 4.47. The summed E-state index contributed by atoms with van der Waals surface area (Å²) < 4.78 is 12.2. The Balaban J connectivity index is 1.53. The van der Waals surface area contributed by atoms with Crippen LogP contribution in [0.15, 0.2) is 46.9 Å². The zero-order valence-electron chi connectivity index (χ0n) is 12.9. The van der Waals surface area contributed by atoms with Gasteiger partial charge in [0.1, 0.15) is 11.5 Å². The predicted molar refractivity (Wildman–Crippen MR) is 96.7 cm³/mol. The zero-order chi connectivity index (χ0) is 16.9. The fourth-order valence-corrected chi connectivity index (χ4v) is 3.16. The Morgan fingerprint density at radius 1 is 1.33 bits per heavy atom. The predicted octanol–water partition coefficient (Wildman–Crippen LogP) is 4.51. The van der Waals surface area contributed by atoms with Gasteiger partial charge in [-0.05, 0) is 36.4 Å². The van der Waals surface area contributed by atoms with E-state index in [1.54, 1.807) is 12.1 Å². The molecule has 1 aliphatic rings. The summed E-state index contributed by atoms with van der Waals surface area (Å²) in [5.41, 5.74) is 1.000. The first-order valence-electron chi connectivity index (χ1n) is 7.72. The highest BCUT2D eigenvalue weighted by Crippen LogP contribution is 2.34. The molecular formula is C18H17BrClNO3. The SMILES string of the molecule is O=C(CCOc1cccc(Cl)c1)NC1CCOc2ccc(Br)cc21. The number of amides is 1. The van der Waals surface area contributed by atoms with Crippen LogP contribution in [-0.4, -0.2) is 19.1 Å². The van der Waals surface area contributed by atoms with E-state index in [0.717, 1.165) is 22.2 Å². The molecule has 126 valence electrons. The molecule has 6 heteroatoms. The number of nitrogens with one attached hydrogen (secondary N) is 1. The lowest BCUT2D eigenvalue weighted by Gasteiger charge is -2.27. The molecule has 1 atom stereocenters. The van der Waals surface area contributed by atoms with Gasteiger partial charge < -0.3 is 14.8 Å². The molecule has 0 bridgehead atoms. The number of fused-ring (bicyclic) bond motifs is 1. The molecule has 0 spiro atoms. The Bertz CT molecular complexity index is 738. The molecule has 24 heavy (non-hydrogen) atoms. The number of carbonyl (C=O) groups excluding carboxylic acids is 1. The molecule has 1 aliphatic heterocycles. The van der Waals surface area contributed by atoms with Crippen molar-refractivity contribution >= 4 is 33.4 Å². The fraction of sp³-hybridized carbons (Fsp3) is 0.278. The Kier molecular flexibility index (Phi) is 5.63. The van der Waals surface area contributed by atoms with Crippen LogP contribution in [0.3, 0.4) is 0 Å². The van der Waals surface area contributed by atoms with Gasteiger partial charge in [0.2, 0.25) is 5.91 Å². The second-order valence-electron chi connectivity index (χ2n) is 5.50. The number of rotatable bonds is 5. The number of benzene rings is 2. The first-order chi connectivity index (χ1) is 11.6. The van der Waals surface area contributed by atoms with Crippen LogP contribution < -0.4 is 14.8 Å². The van der Waals surface area contributed by atoms with Crippen molar-refractivity contribution in [3.8, 4) is 11.5 Å². The van der Waals surface area contributed by atoms with Crippen molar-refractivity contribution < 1.29 is 14.3 Å². The van der Waals surface area contributed by atoms with Crippen LogP contribution >= 0.6 is 27.5 Å². The van der Waals surface area contributed by atoms with Gasteiger partial charge in [0, 0.05) is 21.5 Å². The molecule has 1 unspecified atom stereocenters. The van der Waals surface area contributed by atoms with E-state index in [9.17, 15) is 4.79 Å². The Hall–Kier alpha value is -1.72. The molecule has 1 heterocycles. The van der Waals surface area contributed by atoms with Crippen molar-refractivity contribution in [3.05, 3.63) is 57.5 Å². The number of hydrogen-bond donors (Lipinski definition) is 1. The third-order valence-electron chi connectivity index (χ3n) is 3.74. The number of carbonyl (C=O) groups is 1. The van der Waals surface area contributed by atoms with E-state index in [-0.39, 0.29) is 18.4 Å². The summed E-state index contributed by atoms with van der Waals surface area (Å²) >= 11 is 9.36. The standard InChI is InChI=1S/C18H17BrClNO3/c19-12-4-5-17-15(10-12)16(6-8-24-17)21-18(22)7-9-23-14-3-1-2-13(20)11-14/h1-5,10-11,16H,6-9H2,(H,21,22). The Morgan fingerprint density at radius 3 is 3.04 bits per heavy atom. The highest BCUT2D eigenvalue weighted by Gasteiger charge is 2.23. The topological polar surface area (TPSA) is 47.6 Å². The van der Waals surface area contributed by atoms with Gasteiger partial charge >= 0.3 is 0 Å². The van der Waals surface area contributed by atoms with Gasteiger partial charge in [-0.25, -0.2) is 0 Å². The smallest absolute Gasteiger partial charge is 0.223 e. The van der Waals surface area contributed by atoms with Crippen LogP contribution in [0.1, 0.15) is 24.4 Å². The van der Waals surface area contributed by atoms with Gasteiger partial charge in [-0.3, -0.25) is 4.79 Å². The lowest BCUT2D eigenvalue weighted by molar-refractivity contribution is -0.122. The second kappa shape index (κ2) is 7.90. The maximum Gasteiger partial charge on any atom is 0.223 e. The molecule has 3 rings (SSSR count). The summed E-state index contributed by atoms with van der Waals surface area (Å²) in [5, 5.41) is 3.67. The lowest BCUT2D eigenvalue weighted by atomic mass is 10.0. The van der Waals surface area contributed by atoms with Gasteiger partial charge in [-0.15, -0.1) is 0 Å². The molecule has 2 aromatic rings. The minimum absolute atomic E-state index is 0.0371. The summed E-state index contributed by atoms with van der Waals surface area (Å²) in [7, 11) is 0. The Morgan fingerprint density at radius 2 is 2.21 bits per heavy atom. The van der Waals surface area contributed by atoms with Gasteiger partial charge in [-0.2, -0.15) is 0 Å². The average molecular weight is 411 g/mol. The van der Waals surface area contributed by atoms with Crippen LogP contribution in [-0.2, 0) is 4.79 Å². The average Bonchev–Trinajstić information content (AvgIpc) is 2.55. The molecule has 0 radical (unpaired) electrons. The van der Waals surface area contributed by atoms with E-state index < -0.39 is 0 Å². The monoisotopic (exact) mass is 409 g/mol. The maximum absolute atomic E-state index is 12.2. The minimum Gasteiger partial charge on any atom is -0.493 e. The normalized spacial score (nSPS) is 16.0. The highest BCUT2D eigenvalue weighted by molar-refractivity contribution is 9.10. The molecule has 1 N–H and O–H groups in total. The first kappa shape index (κ1) is 17.1. The van der Waals surface area contributed by atoms with Crippen LogP contribution in [0.5, 0.6) is 11.5 Å². The van der Waals surface area contributed by atoms with Crippen molar-refractivity contribution in [2.45, 2.75) is 18.9 Å². The van der Waals surface area contributed by atoms with Gasteiger partial charge in [-0.1, -0.05) is 33.6 Å². The van der Waals surface area contributed by atoms with Crippen molar-refractivity contribution in [2.75, 3.05) is 13.2 Å². The summed E-state index contributed by atoms with van der Waals surface area (Å²) in [4.78, 5) is 12.2. The van der Waals surface area contributed by atoms with Crippen molar-refractivity contribution in [3.63, 3.8) is 0 Å². The summed E-state index contributed by atoms with van der Waals surface area (Å²) in [6, 6.07) is 12.9. The molecule has 2 aromatic carbocycles. The van der Waals surface area contributed by atoms with Gasteiger partial charge in [0.05, 0.1) is 25.7 Å². The molecule has 0 saturated heterocycles. The highest BCUT2D eigenvalue weighted by atomic mass is 79.9. The molecule has 0 saturated carbocycles. The minimum atomic E-state index is -0.0464. The van der Waals surface area contributed by atoms with Crippen molar-refractivity contribution in [1.29, 1.82) is 0 Å². The van der Waals surface area contributed by atoms with Crippen LogP contribution in [0.4, 0.5) is 0 Å². The van der Waals surface area contributed by atoms with E-state index in [4.69, 9.17) is 21.1 Å². The van der Waals surface area contributed by atoms with E-state index in [1.807, 2.05) is 30.3 Å². The molecule has 4 nitrogen and oxygen atoms in total. The Labute approximate surface area is 154 Å². The number of halogens is 2. The van der Waals surface area contributed by atoms with Gasteiger partial charge in [0.25, 0.3) is 0 Å². The van der Waals surface area contributed by atoms with E-state index in [2.05, 4.69) is 21.2 Å². The second-order valence-corrected chi connectivity index (χ2v) is 6.85. The third kappa shape index (κ3) is 4.42. The van der Waals surface area contributed by atoms with E-state index in [1.165, 1.54) is 0 Å². The number of hydrogen-bond acceptors (Lipinski definition) is 3. The van der Waals surface area contributed by atoms with E-state index >= 15 is 0 Å². The van der Waals surface area contributed by atoms with Crippen molar-refractivity contribution in [2.24, 2.45) is 0 Å². The molecule has 0 aromatic heterocycles. The lowest BCUT2D eigenvalue weighted by Crippen LogP contribution is -2.32. The van der Waals surface area contributed by atoms with Crippen molar-refractivity contribution in [1.82, 2.24) is 5.32 Å². The molecular weight excluding hydrogens is 394 g/mol. The maximum atomic E-state index is 12.2. The summed E-state index contributed by atoms with van der Waals surface area (Å²) in [6.45, 7) is 0.902. The van der Waals surface area contributed by atoms with Crippen LogP contribution in [0.2, 0.25) is 5.02 Å².